The van der Waals surface area contributed by atoms with Crippen LogP contribution in [0.2, 0.25) is 5.02 Å². The van der Waals surface area contributed by atoms with Crippen LogP contribution in [0.25, 0.3) is 11.3 Å². The molecule has 1 atom stereocenters. The molecule has 8 heteroatoms. The van der Waals surface area contributed by atoms with Crippen LogP contribution in [-0.2, 0) is 4.79 Å². The first kappa shape index (κ1) is 21.6. The second kappa shape index (κ2) is 9.24. The summed E-state index contributed by atoms with van der Waals surface area (Å²) >= 11 is 7.80. The van der Waals surface area contributed by atoms with Gasteiger partial charge in [0.15, 0.2) is 5.69 Å². The number of carbonyl (C=O) groups is 1. The second-order valence-corrected chi connectivity index (χ2v) is 9.04. The van der Waals surface area contributed by atoms with E-state index in [0.717, 1.165) is 16.9 Å². The lowest BCUT2D eigenvalue weighted by molar-refractivity contribution is -0.120. The van der Waals surface area contributed by atoms with Gasteiger partial charge in [0, 0.05) is 28.3 Å². The number of carbonyl (C=O) groups excluding carboxylic acids is 1. The molecule has 2 heterocycles. The first-order valence-corrected chi connectivity index (χ1v) is 11.6. The van der Waals surface area contributed by atoms with Crippen LogP contribution in [0.1, 0.15) is 39.0 Å². The van der Waals surface area contributed by atoms with Gasteiger partial charge in [0.25, 0.3) is 0 Å². The van der Waals surface area contributed by atoms with E-state index in [-0.39, 0.29) is 5.91 Å². The SMILES string of the molecule is CCC(=O)N1c2ccccc2-c2nnc(SCC(C)C)nc2O[C@@H]1c1cccc(Cl)c1. The molecule has 3 aromatic rings. The van der Waals surface area contributed by atoms with Crippen molar-refractivity contribution < 1.29 is 9.53 Å². The molecule has 4 rings (SSSR count). The van der Waals surface area contributed by atoms with Crippen molar-refractivity contribution in [3.63, 3.8) is 0 Å². The molecule has 31 heavy (non-hydrogen) atoms. The lowest BCUT2D eigenvalue weighted by Gasteiger charge is -2.30. The van der Waals surface area contributed by atoms with Crippen LogP contribution in [-0.4, -0.2) is 26.8 Å². The Morgan fingerprint density at radius 1 is 1.19 bits per heavy atom. The highest BCUT2D eigenvalue weighted by Gasteiger charge is 2.35. The van der Waals surface area contributed by atoms with Crippen molar-refractivity contribution in [2.24, 2.45) is 5.92 Å². The molecule has 0 radical (unpaired) electrons. The van der Waals surface area contributed by atoms with Gasteiger partial charge in [-0.15, -0.1) is 10.2 Å². The number of nitrogens with zero attached hydrogens (tertiary/aromatic N) is 4. The Kier molecular flexibility index (Phi) is 6.43. The molecule has 1 aromatic heterocycles. The maximum Gasteiger partial charge on any atom is 0.247 e. The molecule has 2 aromatic carbocycles. The normalized spacial score (nSPS) is 15.1. The number of hydrogen-bond donors (Lipinski definition) is 0. The number of fused-ring (bicyclic) bond motifs is 3. The Bertz CT molecular complexity index is 1110. The van der Waals surface area contributed by atoms with Gasteiger partial charge in [-0.3, -0.25) is 9.69 Å². The molecule has 0 fully saturated rings. The van der Waals surface area contributed by atoms with Crippen molar-refractivity contribution in [1.29, 1.82) is 0 Å². The molecule has 1 aliphatic rings. The lowest BCUT2D eigenvalue weighted by Crippen LogP contribution is -2.37. The molecule has 0 aliphatic carbocycles. The first-order chi connectivity index (χ1) is 15.0. The summed E-state index contributed by atoms with van der Waals surface area (Å²) in [4.78, 5) is 19.4. The monoisotopic (exact) mass is 454 g/mol. The van der Waals surface area contributed by atoms with Gasteiger partial charge in [0.2, 0.25) is 23.2 Å². The van der Waals surface area contributed by atoms with Crippen LogP contribution in [0.15, 0.2) is 53.7 Å². The Morgan fingerprint density at radius 3 is 2.74 bits per heavy atom. The number of aromatic nitrogens is 3. The smallest absolute Gasteiger partial charge is 0.247 e. The van der Waals surface area contributed by atoms with Gasteiger partial charge in [0.1, 0.15) is 0 Å². The fraction of sp³-hybridized carbons (Fsp3) is 0.304. The number of benzene rings is 2. The summed E-state index contributed by atoms with van der Waals surface area (Å²) in [6, 6.07) is 14.9. The summed E-state index contributed by atoms with van der Waals surface area (Å²) < 4.78 is 6.38. The molecule has 6 nitrogen and oxygen atoms in total. The molecular weight excluding hydrogens is 432 g/mol. The number of ether oxygens (including phenoxy) is 1. The summed E-state index contributed by atoms with van der Waals surface area (Å²) in [6.07, 6.45) is -0.409. The average molecular weight is 455 g/mol. The van der Waals surface area contributed by atoms with E-state index >= 15 is 0 Å². The van der Waals surface area contributed by atoms with Crippen molar-refractivity contribution in [3.05, 3.63) is 59.1 Å². The summed E-state index contributed by atoms with van der Waals surface area (Å²) in [6.45, 7) is 6.11. The van der Waals surface area contributed by atoms with Crippen LogP contribution in [0.3, 0.4) is 0 Å². The molecule has 160 valence electrons. The van der Waals surface area contributed by atoms with E-state index in [1.165, 1.54) is 11.8 Å². The molecule has 0 bridgehead atoms. The van der Waals surface area contributed by atoms with E-state index in [4.69, 9.17) is 16.3 Å². The zero-order valence-electron chi connectivity index (χ0n) is 17.6. The second-order valence-electron chi connectivity index (χ2n) is 7.61. The van der Waals surface area contributed by atoms with Crippen LogP contribution in [0.4, 0.5) is 5.69 Å². The highest BCUT2D eigenvalue weighted by molar-refractivity contribution is 7.99. The van der Waals surface area contributed by atoms with E-state index in [2.05, 4.69) is 29.0 Å². The van der Waals surface area contributed by atoms with Crippen molar-refractivity contribution in [2.75, 3.05) is 10.7 Å². The summed E-state index contributed by atoms with van der Waals surface area (Å²) in [5.41, 5.74) is 2.73. The van der Waals surface area contributed by atoms with Gasteiger partial charge < -0.3 is 4.74 Å². The molecule has 0 unspecified atom stereocenters. The number of amides is 1. The predicted molar refractivity (Wildman–Crippen MR) is 123 cm³/mol. The highest BCUT2D eigenvalue weighted by atomic mass is 35.5. The summed E-state index contributed by atoms with van der Waals surface area (Å²) in [5.74, 6) is 1.64. The van der Waals surface area contributed by atoms with E-state index in [1.54, 1.807) is 17.0 Å². The van der Waals surface area contributed by atoms with Crippen LogP contribution < -0.4 is 9.64 Å². The Morgan fingerprint density at radius 2 is 2.00 bits per heavy atom. The molecule has 1 aliphatic heterocycles. The van der Waals surface area contributed by atoms with Gasteiger partial charge in [0.05, 0.1) is 5.69 Å². The largest absolute Gasteiger partial charge is 0.447 e. The third kappa shape index (κ3) is 4.52. The topological polar surface area (TPSA) is 68.2 Å². The Labute approximate surface area is 191 Å². The summed E-state index contributed by atoms with van der Waals surface area (Å²) in [7, 11) is 0. The van der Waals surface area contributed by atoms with E-state index in [1.807, 2.05) is 43.3 Å². The predicted octanol–water partition coefficient (Wildman–Crippen LogP) is 5.77. The minimum Gasteiger partial charge on any atom is -0.447 e. The number of thioether (sulfide) groups is 1. The van der Waals surface area contributed by atoms with Gasteiger partial charge in [-0.05, 0) is 24.1 Å². The van der Waals surface area contributed by atoms with Crippen molar-refractivity contribution >= 4 is 35.0 Å². The molecular formula is C23H23ClN4O2S. The summed E-state index contributed by atoms with van der Waals surface area (Å²) in [5, 5.41) is 9.86. The maximum absolute atomic E-state index is 13.1. The lowest BCUT2D eigenvalue weighted by atomic mass is 10.1. The minimum atomic E-state index is -0.729. The third-order valence-electron chi connectivity index (χ3n) is 4.76. The van der Waals surface area contributed by atoms with Crippen molar-refractivity contribution in [2.45, 2.75) is 38.6 Å². The van der Waals surface area contributed by atoms with Gasteiger partial charge >= 0.3 is 0 Å². The Balaban J connectivity index is 1.89. The van der Waals surface area contributed by atoms with Gasteiger partial charge in [-0.25, -0.2) is 0 Å². The minimum absolute atomic E-state index is 0.0763. The van der Waals surface area contributed by atoms with E-state index in [0.29, 0.717) is 39.8 Å². The molecule has 0 saturated heterocycles. The van der Waals surface area contributed by atoms with Gasteiger partial charge in [-0.1, -0.05) is 74.5 Å². The number of rotatable bonds is 5. The third-order valence-corrected chi connectivity index (χ3v) is 6.26. The fourth-order valence-electron chi connectivity index (χ4n) is 3.33. The van der Waals surface area contributed by atoms with Gasteiger partial charge in [-0.2, -0.15) is 4.98 Å². The zero-order chi connectivity index (χ0) is 22.0. The van der Waals surface area contributed by atoms with Crippen LogP contribution in [0.5, 0.6) is 5.88 Å². The van der Waals surface area contributed by atoms with E-state index in [9.17, 15) is 4.79 Å². The van der Waals surface area contributed by atoms with Crippen LogP contribution >= 0.6 is 23.4 Å². The van der Waals surface area contributed by atoms with Crippen molar-refractivity contribution in [3.8, 4) is 17.1 Å². The van der Waals surface area contributed by atoms with Crippen molar-refractivity contribution in [1.82, 2.24) is 15.2 Å². The number of para-hydroxylation sites is 1. The van der Waals surface area contributed by atoms with E-state index < -0.39 is 6.23 Å². The first-order valence-electron chi connectivity index (χ1n) is 10.2. The quantitative estimate of drug-likeness (QED) is 0.455. The fourth-order valence-corrected chi connectivity index (χ4v) is 4.26. The average Bonchev–Trinajstić information content (AvgIpc) is 2.91. The number of hydrogen-bond acceptors (Lipinski definition) is 6. The zero-order valence-corrected chi connectivity index (χ0v) is 19.2. The molecule has 0 spiro atoms. The standard InChI is InChI=1S/C23H23ClN4O2S/c1-4-19(29)28-18-11-6-5-10-17(18)20-21(25-23(27-26-20)31-13-14(2)3)30-22(28)15-8-7-9-16(24)12-15/h5-12,14,22H,4,13H2,1-3H3/t22-/m1/s1. The maximum atomic E-state index is 13.1. The highest BCUT2D eigenvalue weighted by Crippen LogP contribution is 2.43. The number of halogens is 1. The van der Waals surface area contributed by atoms with Crippen LogP contribution in [0, 0.1) is 5.92 Å². The molecule has 0 saturated carbocycles. The molecule has 0 N–H and O–H groups in total. The Hall–Kier alpha value is -2.64. The molecule has 1 amide bonds. The number of anilines is 1.